The lowest BCUT2D eigenvalue weighted by molar-refractivity contribution is 0.415. The molecule has 0 radical (unpaired) electrons. The van der Waals surface area contributed by atoms with Crippen LogP contribution in [0.5, 0.6) is 5.75 Å². The third kappa shape index (κ3) is 2.47. The minimum Gasteiger partial charge on any atom is -0.497 e. The summed E-state index contributed by atoms with van der Waals surface area (Å²) in [5.74, 6) is 0.753. The summed E-state index contributed by atoms with van der Waals surface area (Å²) in [5.41, 5.74) is 3.11. The zero-order valence-corrected chi connectivity index (χ0v) is 11.4. The van der Waals surface area contributed by atoms with Crippen LogP contribution >= 0.6 is 0 Å². The molecule has 0 fully saturated rings. The van der Waals surface area contributed by atoms with E-state index >= 15 is 0 Å². The minimum absolute atomic E-state index is 0.546. The Morgan fingerprint density at radius 3 is 2.86 bits per heavy atom. The van der Waals surface area contributed by atoms with Crippen molar-refractivity contribution < 1.29 is 4.74 Å². The quantitative estimate of drug-likeness (QED) is 0.746. The number of benzene rings is 1. The van der Waals surface area contributed by atoms with E-state index in [0.717, 1.165) is 27.8 Å². The molecule has 102 valence electrons. The highest BCUT2D eigenvalue weighted by Crippen LogP contribution is 2.29. The number of aromatic amines is 1. The monoisotopic (exact) mass is 276 g/mol. The van der Waals surface area contributed by atoms with E-state index in [4.69, 9.17) is 4.74 Å². The highest BCUT2D eigenvalue weighted by atomic mass is 16.5. The van der Waals surface area contributed by atoms with Crippen molar-refractivity contribution in [1.82, 2.24) is 15.0 Å². The lowest BCUT2D eigenvalue weighted by atomic mass is 10.0. The number of nitrogens with one attached hydrogen (secondary N) is 1. The number of nitrogens with zero attached hydrogens (tertiary/aromatic N) is 3. The van der Waals surface area contributed by atoms with Crippen LogP contribution in [0.15, 0.2) is 43.1 Å². The standard InChI is InChI=1S/C16H12N4O/c1-21-13-2-3-16-14(5-13)15(9-20-16)12(6-17)4-11-7-18-10-19-8-11/h2-5,7-10,20H,1H3/b12-4+. The van der Waals surface area contributed by atoms with E-state index in [1.807, 2.05) is 24.4 Å². The zero-order valence-electron chi connectivity index (χ0n) is 11.4. The van der Waals surface area contributed by atoms with Gasteiger partial charge in [0.2, 0.25) is 0 Å². The summed E-state index contributed by atoms with van der Waals surface area (Å²) in [6.07, 6.45) is 8.38. The first kappa shape index (κ1) is 12.9. The summed E-state index contributed by atoms with van der Waals surface area (Å²) in [7, 11) is 1.62. The van der Waals surface area contributed by atoms with Crippen LogP contribution in [-0.4, -0.2) is 22.1 Å². The van der Waals surface area contributed by atoms with Crippen LogP contribution in [0.2, 0.25) is 0 Å². The molecule has 0 aliphatic carbocycles. The van der Waals surface area contributed by atoms with Gasteiger partial charge >= 0.3 is 0 Å². The van der Waals surface area contributed by atoms with Crippen LogP contribution in [-0.2, 0) is 0 Å². The summed E-state index contributed by atoms with van der Waals surface area (Å²) >= 11 is 0. The summed E-state index contributed by atoms with van der Waals surface area (Å²) in [4.78, 5) is 11.1. The van der Waals surface area contributed by atoms with Gasteiger partial charge in [0.1, 0.15) is 12.1 Å². The Hall–Kier alpha value is -3.13. The molecule has 1 N–H and O–H groups in total. The number of allylic oxidation sites excluding steroid dienone is 1. The number of hydrogen-bond acceptors (Lipinski definition) is 4. The average molecular weight is 276 g/mol. The fourth-order valence-corrected chi connectivity index (χ4v) is 2.17. The van der Waals surface area contributed by atoms with E-state index < -0.39 is 0 Å². The lowest BCUT2D eigenvalue weighted by Gasteiger charge is -2.01. The molecular formula is C16H12N4O. The molecule has 0 saturated carbocycles. The smallest absolute Gasteiger partial charge is 0.119 e. The Kier molecular flexibility index (Phi) is 3.36. The highest BCUT2D eigenvalue weighted by molar-refractivity contribution is 6.01. The average Bonchev–Trinajstić information content (AvgIpc) is 2.96. The molecule has 5 nitrogen and oxygen atoms in total. The van der Waals surface area contributed by atoms with Crippen LogP contribution in [0.4, 0.5) is 0 Å². The maximum absolute atomic E-state index is 9.44. The van der Waals surface area contributed by atoms with Crippen molar-refractivity contribution in [2.45, 2.75) is 0 Å². The fraction of sp³-hybridized carbons (Fsp3) is 0.0625. The van der Waals surface area contributed by atoms with Gasteiger partial charge in [0.15, 0.2) is 0 Å². The Morgan fingerprint density at radius 1 is 1.33 bits per heavy atom. The number of methoxy groups -OCH3 is 1. The molecule has 2 aromatic heterocycles. The second-order valence-electron chi connectivity index (χ2n) is 4.46. The van der Waals surface area contributed by atoms with Gasteiger partial charge in [-0.15, -0.1) is 0 Å². The van der Waals surface area contributed by atoms with Crippen molar-refractivity contribution >= 4 is 22.6 Å². The van der Waals surface area contributed by atoms with Crippen molar-refractivity contribution in [2.75, 3.05) is 7.11 Å². The molecule has 0 amide bonds. The first-order valence-corrected chi connectivity index (χ1v) is 6.34. The van der Waals surface area contributed by atoms with E-state index in [-0.39, 0.29) is 0 Å². The topological polar surface area (TPSA) is 74.6 Å². The highest BCUT2D eigenvalue weighted by Gasteiger charge is 2.09. The van der Waals surface area contributed by atoms with Crippen LogP contribution < -0.4 is 4.74 Å². The molecule has 21 heavy (non-hydrogen) atoms. The summed E-state index contributed by atoms with van der Waals surface area (Å²) in [5, 5.41) is 10.4. The fourth-order valence-electron chi connectivity index (χ4n) is 2.17. The lowest BCUT2D eigenvalue weighted by Crippen LogP contribution is -1.84. The maximum Gasteiger partial charge on any atom is 0.119 e. The molecule has 0 unspecified atom stereocenters. The normalized spacial score (nSPS) is 11.3. The Balaban J connectivity index is 2.14. The van der Waals surface area contributed by atoms with Gasteiger partial charge in [0, 0.05) is 40.6 Å². The van der Waals surface area contributed by atoms with Gasteiger partial charge in [-0.3, -0.25) is 0 Å². The molecule has 0 spiro atoms. The van der Waals surface area contributed by atoms with E-state index in [9.17, 15) is 5.26 Å². The van der Waals surface area contributed by atoms with E-state index in [2.05, 4.69) is 21.0 Å². The number of aromatic nitrogens is 3. The number of fused-ring (bicyclic) bond motifs is 1. The van der Waals surface area contributed by atoms with Crippen LogP contribution in [0.25, 0.3) is 22.6 Å². The molecule has 0 bridgehead atoms. The van der Waals surface area contributed by atoms with Crippen LogP contribution in [0.3, 0.4) is 0 Å². The molecule has 3 aromatic rings. The van der Waals surface area contributed by atoms with E-state index in [0.29, 0.717) is 5.57 Å². The van der Waals surface area contributed by atoms with Gasteiger partial charge in [-0.25, -0.2) is 9.97 Å². The first-order chi connectivity index (χ1) is 10.3. The molecule has 2 heterocycles. The number of nitriles is 1. The Bertz CT molecular complexity index is 844. The predicted molar refractivity (Wildman–Crippen MR) is 80.4 cm³/mol. The van der Waals surface area contributed by atoms with Gasteiger partial charge in [-0.1, -0.05) is 0 Å². The number of ether oxygens (including phenoxy) is 1. The zero-order chi connectivity index (χ0) is 14.7. The van der Waals surface area contributed by atoms with E-state index in [1.54, 1.807) is 25.6 Å². The largest absolute Gasteiger partial charge is 0.497 e. The summed E-state index contributed by atoms with van der Waals surface area (Å²) in [6, 6.07) is 7.95. The number of H-pyrrole nitrogens is 1. The first-order valence-electron chi connectivity index (χ1n) is 6.34. The molecule has 5 heteroatoms. The SMILES string of the molecule is COc1ccc2[nH]cc(/C(C#N)=C/c3cncnc3)c2c1. The van der Waals surface area contributed by atoms with Crippen LogP contribution in [0, 0.1) is 11.3 Å². The van der Waals surface area contributed by atoms with Gasteiger partial charge in [0.05, 0.1) is 18.8 Å². The minimum atomic E-state index is 0.546. The van der Waals surface area contributed by atoms with E-state index in [1.165, 1.54) is 6.33 Å². The van der Waals surface area contributed by atoms with Gasteiger partial charge in [-0.05, 0) is 24.3 Å². The number of hydrogen-bond donors (Lipinski definition) is 1. The number of rotatable bonds is 3. The molecule has 0 aliphatic rings. The van der Waals surface area contributed by atoms with Crippen molar-refractivity contribution in [2.24, 2.45) is 0 Å². The molecule has 0 saturated heterocycles. The van der Waals surface area contributed by atoms with Crippen molar-refractivity contribution in [3.63, 3.8) is 0 Å². The van der Waals surface area contributed by atoms with Crippen molar-refractivity contribution in [1.29, 1.82) is 5.26 Å². The third-order valence-corrected chi connectivity index (χ3v) is 3.19. The second-order valence-corrected chi connectivity index (χ2v) is 4.46. The van der Waals surface area contributed by atoms with Crippen molar-refractivity contribution in [3.8, 4) is 11.8 Å². The third-order valence-electron chi connectivity index (χ3n) is 3.19. The predicted octanol–water partition coefficient (Wildman–Crippen LogP) is 3.03. The Morgan fingerprint density at radius 2 is 2.14 bits per heavy atom. The molecule has 0 aliphatic heterocycles. The molecule has 3 rings (SSSR count). The van der Waals surface area contributed by atoms with Gasteiger partial charge in [0.25, 0.3) is 0 Å². The van der Waals surface area contributed by atoms with Gasteiger partial charge in [-0.2, -0.15) is 5.26 Å². The maximum atomic E-state index is 9.44. The van der Waals surface area contributed by atoms with Gasteiger partial charge < -0.3 is 9.72 Å². The Labute approximate surface area is 121 Å². The van der Waals surface area contributed by atoms with Crippen molar-refractivity contribution in [3.05, 3.63) is 54.2 Å². The van der Waals surface area contributed by atoms with Crippen LogP contribution in [0.1, 0.15) is 11.1 Å². The summed E-state index contributed by atoms with van der Waals surface area (Å²) in [6.45, 7) is 0. The second kappa shape index (κ2) is 5.47. The molecular weight excluding hydrogens is 264 g/mol. The summed E-state index contributed by atoms with van der Waals surface area (Å²) < 4.78 is 5.24. The molecule has 1 aromatic carbocycles. The molecule has 0 atom stereocenters.